The van der Waals surface area contributed by atoms with Crippen molar-refractivity contribution >= 4 is 49.2 Å². The number of aromatic hydroxyl groups is 1. The molecule has 0 bridgehead atoms. The minimum absolute atomic E-state index is 0.123. The monoisotopic (exact) mass is 469 g/mol. The maximum absolute atomic E-state index is 12.8. The second kappa shape index (κ2) is 7.55. The van der Waals surface area contributed by atoms with E-state index in [1.807, 2.05) is 0 Å². The molecular formula is C16H11N3O10S2. The lowest BCUT2D eigenvalue weighted by Crippen LogP contribution is -2.27. The number of anilines is 1. The van der Waals surface area contributed by atoms with Crippen LogP contribution in [0.2, 0.25) is 0 Å². The third kappa shape index (κ3) is 4.43. The fraction of sp³-hybridized carbons (Fsp3) is 0. The Morgan fingerprint density at radius 3 is 2.13 bits per heavy atom. The second-order valence-corrected chi connectivity index (χ2v) is 8.88. The molecule has 2 aromatic carbocycles. The molecule has 13 nitrogen and oxygen atoms in total. The van der Waals surface area contributed by atoms with Gasteiger partial charge in [-0.3, -0.25) is 29.4 Å². The molecule has 0 aromatic heterocycles. The van der Waals surface area contributed by atoms with E-state index in [9.17, 15) is 41.4 Å². The summed E-state index contributed by atoms with van der Waals surface area (Å²) in [4.78, 5) is 21.0. The van der Waals surface area contributed by atoms with Crippen LogP contribution >= 0.6 is 0 Å². The molecule has 0 unspecified atom stereocenters. The number of nitro groups is 1. The summed E-state index contributed by atoms with van der Waals surface area (Å²) in [5.74, 6) is -2.07. The molecule has 3 rings (SSSR count). The van der Waals surface area contributed by atoms with E-state index in [0.717, 1.165) is 18.2 Å². The molecule has 1 aliphatic rings. The Morgan fingerprint density at radius 1 is 1.00 bits per heavy atom. The molecule has 1 aliphatic carbocycles. The van der Waals surface area contributed by atoms with E-state index in [0.29, 0.717) is 12.1 Å². The number of carbonyl (C=O) groups excluding carboxylic acids is 1. The Labute approximate surface area is 174 Å². The van der Waals surface area contributed by atoms with Crippen LogP contribution in [-0.4, -0.2) is 47.5 Å². The smallest absolute Gasteiger partial charge is 0.296 e. The lowest BCUT2D eigenvalue weighted by atomic mass is 9.94. The number of carbonyl (C=O) groups is 1. The number of Topliss-reactive ketones (excluding diaryl/α,β-unsaturated/α-hetero) is 1. The Bertz CT molecular complexity index is 1390. The van der Waals surface area contributed by atoms with Crippen molar-refractivity contribution in [3.05, 3.63) is 62.5 Å². The summed E-state index contributed by atoms with van der Waals surface area (Å²) in [6.07, 6.45) is 0.691. The lowest BCUT2D eigenvalue weighted by Gasteiger charge is -2.18. The molecule has 15 heteroatoms. The number of phenols is 1. The Balaban J connectivity index is 2.12. The van der Waals surface area contributed by atoms with E-state index >= 15 is 0 Å². The van der Waals surface area contributed by atoms with Crippen LogP contribution in [0.25, 0.3) is 6.08 Å². The van der Waals surface area contributed by atoms with E-state index in [4.69, 9.17) is 4.55 Å². The minimum Gasteiger partial charge on any atom is -0.507 e. The van der Waals surface area contributed by atoms with Crippen LogP contribution in [0.15, 0.2) is 51.3 Å². The van der Waals surface area contributed by atoms with E-state index < -0.39 is 63.3 Å². The number of hydrazone groups is 1. The van der Waals surface area contributed by atoms with Gasteiger partial charge in [-0.1, -0.05) is 0 Å². The molecule has 2 aromatic rings. The topological polar surface area (TPSA) is 214 Å². The van der Waals surface area contributed by atoms with Crippen molar-refractivity contribution in [1.82, 2.24) is 0 Å². The van der Waals surface area contributed by atoms with Crippen molar-refractivity contribution in [2.24, 2.45) is 5.10 Å². The van der Waals surface area contributed by atoms with Crippen LogP contribution in [0.1, 0.15) is 15.9 Å². The first-order chi connectivity index (χ1) is 14.3. The predicted molar refractivity (Wildman–Crippen MR) is 106 cm³/mol. The van der Waals surface area contributed by atoms with Gasteiger partial charge < -0.3 is 5.11 Å². The minimum atomic E-state index is -5.05. The van der Waals surface area contributed by atoms with Gasteiger partial charge in [0.15, 0.2) is 5.71 Å². The average Bonchev–Trinajstić information content (AvgIpc) is 2.65. The van der Waals surface area contributed by atoms with Gasteiger partial charge in [0.05, 0.1) is 21.1 Å². The molecule has 0 atom stereocenters. The van der Waals surface area contributed by atoms with Crippen LogP contribution in [0.3, 0.4) is 0 Å². The average molecular weight is 469 g/mol. The maximum Gasteiger partial charge on any atom is 0.296 e. The number of nitrogens with one attached hydrogen (secondary N) is 1. The quantitative estimate of drug-likeness (QED) is 0.279. The van der Waals surface area contributed by atoms with Crippen LogP contribution in [-0.2, 0) is 20.2 Å². The molecule has 162 valence electrons. The largest absolute Gasteiger partial charge is 0.507 e. The van der Waals surface area contributed by atoms with Gasteiger partial charge in [-0.05, 0) is 29.8 Å². The van der Waals surface area contributed by atoms with Crippen molar-refractivity contribution < 1.29 is 40.8 Å². The van der Waals surface area contributed by atoms with Gasteiger partial charge in [0.1, 0.15) is 10.7 Å². The van der Waals surface area contributed by atoms with E-state index in [1.54, 1.807) is 0 Å². The fourth-order valence-corrected chi connectivity index (χ4v) is 3.85. The van der Waals surface area contributed by atoms with Crippen LogP contribution in [0.4, 0.5) is 11.4 Å². The molecule has 0 heterocycles. The number of hydrogen-bond acceptors (Lipinski definition) is 10. The zero-order chi connectivity index (χ0) is 23.1. The number of ketones is 1. The number of nitro benzene ring substituents is 1. The van der Waals surface area contributed by atoms with Gasteiger partial charge in [-0.25, -0.2) is 0 Å². The normalized spacial score (nSPS) is 15.4. The SMILES string of the molecule is O=C1/C(=N\Nc2ccc([N+](=O)[O-])cc2)C(S(=O)(=O)O)=Cc2cc(S(=O)(=O)O)cc(O)c21. The molecule has 4 N–H and O–H groups in total. The summed E-state index contributed by atoms with van der Waals surface area (Å²) in [7, 11) is -9.85. The predicted octanol–water partition coefficient (Wildman–Crippen LogP) is 1.44. The third-order valence-corrected chi connectivity index (χ3v) is 5.73. The number of hydrogen-bond donors (Lipinski definition) is 4. The molecule has 0 aliphatic heterocycles. The molecule has 0 saturated heterocycles. The number of benzene rings is 2. The highest BCUT2D eigenvalue weighted by molar-refractivity contribution is 7.91. The van der Waals surface area contributed by atoms with Gasteiger partial charge in [0.25, 0.3) is 25.9 Å². The zero-order valence-electron chi connectivity index (χ0n) is 15.0. The van der Waals surface area contributed by atoms with Crippen LogP contribution in [0.5, 0.6) is 5.75 Å². The summed E-state index contributed by atoms with van der Waals surface area (Å²) < 4.78 is 64.8. The summed E-state index contributed by atoms with van der Waals surface area (Å²) >= 11 is 0. The number of allylic oxidation sites excluding steroid dienone is 1. The number of non-ortho nitro benzene ring substituents is 1. The zero-order valence-corrected chi connectivity index (χ0v) is 16.6. The highest BCUT2D eigenvalue weighted by Gasteiger charge is 2.35. The van der Waals surface area contributed by atoms with Gasteiger partial charge in [0, 0.05) is 18.2 Å². The summed E-state index contributed by atoms with van der Waals surface area (Å²) in [5, 5.41) is 24.4. The molecular weight excluding hydrogens is 458 g/mol. The van der Waals surface area contributed by atoms with E-state index in [1.165, 1.54) is 12.1 Å². The van der Waals surface area contributed by atoms with Gasteiger partial charge in [-0.2, -0.15) is 21.9 Å². The Kier molecular flexibility index (Phi) is 5.36. The van der Waals surface area contributed by atoms with Crippen molar-refractivity contribution in [3.8, 4) is 5.75 Å². The highest BCUT2D eigenvalue weighted by atomic mass is 32.2. The first-order valence-electron chi connectivity index (χ1n) is 7.96. The number of fused-ring (bicyclic) bond motifs is 1. The lowest BCUT2D eigenvalue weighted by molar-refractivity contribution is -0.384. The second-order valence-electron chi connectivity index (χ2n) is 6.07. The van der Waals surface area contributed by atoms with Crippen molar-refractivity contribution in [2.75, 3.05) is 5.43 Å². The van der Waals surface area contributed by atoms with Crippen LogP contribution < -0.4 is 5.43 Å². The van der Waals surface area contributed by atoms with Crippen molar-refractivity contribution in [2.45, 2.75) is 4.90 Å². The summed E-state index contributed by atoms with van der Waals surface area (Å²) in [6, 6.07) is 5.98. The van der Waals surface area contributed by atoms with Gasteiger partial charge >= 0.3 is 0 Å². The first kappa shape index (κ1) is 22.0. The molecule has 0 amide bonds. The third-order valence-electron chi connectivity index (χ3n) is 4.03. The van der Waals surface area contributed by atoms with E-state index in [2.05, 4.69) is 10.5 Å². The fourth-order valence-electron chi connectivity index (χ4n) is 2.65. The molecule has 0 saturated carbocycles. The molecule has 0 radical (unpaired) electrons. The standard InChI is InChI=1S/C16H11N3O10S2/c20-12-7-11(30(24,25)26)5-8-6-13(31(27,28)29)15(16(21)14(8)12)18-17-9-1-3-10(4-2-9)19(22)23/h1-7,17,20H,(H,24,25,26)(H,27,28,29)/b18-15-. The Hall–Kier alpha value is -3.66. The highest BCUT2D eigenvalue weighted by Crippen LogP contribution is 2.34. The number of nitrogens with zero attached hydrogens (tertiary/aromatic N) is 2. The van der Waals surface area contributed by atoms with E-state index in [-0.39, 0.29) is 11.4 Å². The summed E-state index contributed by atoms with van der Waals surface area (Å²) in [5.41, 5.74) is 0.424. The van der Waals surface area contributed by atoms with Crippen molar-refractivity contribution in [3.63, 3.8) is 0 Å². The first-order valence-corrected chi connectivity index (χ1v) is 10.8. The van der Waals surface area contributed by atoms with Crippen LogP contribution in [0, 0.1) is 10.1 Å². The summed E-state index contributed by atoms with van der Waals surface area (Å²) in [6.45, 7) is 0. The number of phenolic OH excluding ortho intramolecular Hbond substituents is 1. The molecule has 0 spiro atoms. The molecule has 0 fully saturated rings. The van der Waals surface area contributed by atoms with Gasteiger partial charge in [0.2, 0.25) is 5.78 Å². The van der Waals surface area contributed by atoms with Crippen molar-refractivity contribution in [1.29, 1.82) is 0 Å². The van der Waals surface area contributed by atoms with Gasteiger partial charge in [-0.15, -0.1) is 0 Å². The number of rotatable bonds is 5. The maximum atomic E-state index is 12.8. The Morgan fingerprint density at radius 2 is 1.61 bits per heavy atom. The molecule has 31 heavy (non-hydrogen) atoms.